The minimum absolute atomic E-state index is 0.177. The number of hydrogen-bond donors (Lipinski definition) is 1. The molecule has 1 atom stereocenters. The molecule has 1 unspecified atom stereocenters. The van der Waals surface area contributed by atoms with E-state index in [1.165, 1.54) is 5.56 Å². The van der Waals surface area contributed by atoms with Gasteiger partial charge in [-0.05, 0) is 37.7 Å². The van der Waals surface area contributed by atoms with E-state index in [1.54, 1.807) is 0 Å². The molecule has 134 valence electrons. The average Bonchev–Trinajstić information content (AvgIpc) is 3.43. The second-order valence-electron chi connectivity index (χ2n) is 7.75. The van der Waals surface area contributed by atoms with Gasteiger partial charge in [0.1, 0.15) is 0 Å². The van der Waals surface area contributed by atoms with Gasteiger partial charge in [0, 0.05) is 32.2 Å². The van der Waals surface area contributed by atoms with E-state index in [1.807, 2.05) is 28.0 Å². The maximum absolute atomic E-state index is 13.2. The van der Waals surface area contributed by atoms with Crippen molar-refractivity contribution in [1.82, 2.24) is 15.1 Å². The summed E-state index contributed by atoms with van der Waals surface area (Å²) >= 11 is 0. The molecular weight excluding hydrogens is 314 g/mol. The highest BCUT2D eigenvalue weighted by molar-refractivity contribution is 5.86. The molecule has 2 heterocycles. The number of amides is 2. The Bertz CT molecular complexity index is 642. The van der Waals surface area contributed by atoms with Crippen LogP contribution in [0.2, 0.25) is 0 Å². The first-order chi connectivity index (χ1) is 12.2. The van der Waals surface area contributed by atoms with Crippen LogP contribution in [0.5, 0.6) is 0 Å². The van der Waals surface area contributed by atoms with Crippen LogP contribution in [-0.4, -0.2) is 60.4 Å². The number of nitrogens with zero attached hydrogens (tertiary/aromatic N) is 2. The smallest absolute Gasteiger partial charge is 0.236 e. The van der Waals surface area contributed by atoms with E-state index < -0.39 is 0 Å². The summed E-state index contributed by atoms with van der Waals surface area (Å²) in [4.78, 5) is 29.4. The number of likely N-dealkylation sites (tertiary alicyclic amines) is 1. The zero-order valence-corrected chi connectivity index (χ0v) is 14.7. The second kappa shape index (κ2) is 6.79. The number of benzene rings is 1. The van der Waals surface area contributed by atoms with E-state index >= 15 is 0 Å². The lowest BCUT2D eigenvalue weighted by molar-refractivity contribution is -0.143. The van der Waals surface area contributed by atoms with Crippen molar-refractivity contribution < 1.29 is 9.59 Å². The molecule has 1 aliphatic carbocycles. The Morgan fingerprint density at radius 1 is 1.20 bits per heavy atom. The molecule has 2 saturated heterocycles. The monoisotopic (exact) mass is 341 g/mol. The predicted molar refractivity (Wildman–Crippen MR) is 96.0 cm³/mol. The zero-order valence-electron chi connectivity index (χ0n) is 14.7. The summed E-state index contributed by atoms with van der Waals surface area (Å²) < 4.78 is 0. The summed E-state index contributed by atoms with van der Waals surface area (Å²) in [5.41, 5.74) is 1.07. The summed E-state index contributed by atoms with van der Waals surface area (Å²) in [7, 11) is 0. The molecule has 1 N–H and O–H groups in total. The number of hydrogen-bond acceptors (Lipinski definition) is 3. The topological polar surface area (TPSA) is 52.7 Å². The summed E-state index contributed by atoms with van der Waals surface area (Å²) in [6.45, 7) is 3.60. The fraction of sp³-hybridized carbons (Fsp3) is 0.600. The molecule has 0 bridgehead atoms. The number of piperazine rings is 1. The zero-order chi connectivity index (χ0) is 17.3. The van der Waals surface area contributed by atoms with Crippen LogP contribution in [0.15, 0.2) is 30.3 Å². The van der Waals surface area contributed by atoms with E-state index in [9.17, 15) is 9.59 Å². The molecule has 1 aromatic carbocycles. The van der Waals surface area contributed by atoms with Crippen LogP contribution >= 0.6 is 0 Å². The van der Waals surface area contributed by atoms with Crippen LogP contribution < -0.4 is 5.32 Å². The molecule has 2 aliphatic heterocycles. The van der Waals surface area contributed by atoms with Crippen molar-refractivity contribution >= 4 is 11.8 Å². The van der Waals surface area contributed by atoms with Gasteiger partial charge in [0.15, 0.2) is 0 Å². The maximum Gasteiger partial charge on any atom is 0.236 e. The fourth-order valence-electron chi connectivity index (χ4n) is 4.34. The van der Waals surface area contributed by atoms with Gasteiger partial charge in [0.05, 0.1) is 12.0 Å². The second-order valence-corrected chi connectivity index (χ2v) is 7.75. The van der Waals surface area contributed by atoms with Crippen LogP contribution in [0.1, 0.15) is 31.2 Å². The Kier molecular flexibility index (Phi) is 4.50. The van der Waals surface area contributed by atoms with Crippen molar-refractivity contribution in [3.05, 3.63) is 35.9 Å². The number of rotatable bonds is 4. The normalized spacial score (nSPS) is 25.8. The first kappa shape index (κ1) is 16.6. The van der Waals surface area contributed by atoms with E-state index in [0.29, 0.717) is 19.0 Å². The third-order valence-electron chi connectivity index (χ3n) is 5.94. The van der Waals surface area contributed by atoms with Crippen molar-refractivity contribution in [3.8, 4) is 0 Å². The minimum Gasteiger partial charge on any atom is -0.340 e. The average molecular weight is 341 g/mol. The molecule has 5 nitrogen and oxygen atoms in total. The van der Waals surface area contributed by atoms with Gasteiger partial charge in [0.25, 0.3) is 0 Å². The highest BCUT2D eigenvalue weighted by Gasteiger charge is 2.52. The molecule has 1 aromatic rings. The Hall–Kier alpha value is -1.88. The molecule has 3 aliphatic rings. The first-order valence-electron chi connectivity index (χ1n) is 9.51. The van der Waals surface area contributed by atoms with E-state index in [2.05, 4.69) is 17.4 Å². The third-order valence-corrected chi connectivity index (χ3v) is 5.94. The number of carbonyl (C=O) groups excluding carboxylic acids is 2. The Morgan fingerprint density at radius 3 is 2.72 bits per heavy atom. The Balaban J connectivity index is 1.42. The molecule has 2 amide bonds. The molecule has 4 rings (SSSR count). The molecule has 5 heteroatoms. The molecule has 25 heavy (non-hydrogen) atoms. The quantitative estimate of drug-likeness (QED) is 0.901. The number of carbonyl (C=O) groups is 2. The molecule has 0 radical (unpaired) electrons. The molecule has 3 fully saturated rings. The van der Waals surface area contributed by atoms with Gasteiger partial charge < -0.3 is 15.1 Å². The van der Waals surface area contributed by atoms with Gasteiger partial charge in [-0.3, -0.25) is 9.59 Å². The SMILES string of the molecule is O=C1CNCCN1C1CCCN(C(=O)C2(Cc3ccccc3)CC2)C1. The molecular formula is C20H27N3O2. The van der Waals surface area contributed by atoms with E-state index in [0.717, 1.165) is 51.7 Å². The Labute approximate surface area is 149 Å². The van der Waals surface area contributed by atoms with E-state index in [-0.39, 0.29) is 17.4 Å². The third kappa shape index (κ3) is 3.43. The maximum atomic E-state index is 13.2. The van der Waals surface area contributed by atoms with Gasteiger partial charge in [-0.25, -0.2) is 0 Å². The van der Waals surface area contributed by atoms with Gasteiger partial charge in [-0.15, -0.1) is 0 Å². The van der Waals surface area contributed by atoms with Gasteiger partial charge in [-0.1, -0.05) is 30.3 Å². The van der Waals surface area contributed by atoms with E-state index in [4.69, 9.17) is 0 Å². The minimum atomic E-state index is -0.184. The lowest BCUT2D eigenvalue weighted by Crippen LogP contribution is -2.58. The molecule has 1 saturated carbocycles. The Morgan fingerprint density at radius 2 is 2.00 bits per heavy atom. The summed E-state index contributed by atoms with van der Waals surface area (Å²) in [6, 6.07) is 10.5. The molecule has 0 spiro atoms. The largest absolute Gasteiger partial charge is 0.340 e. The lowest BCUT2D eigenvalue weighted by Gasteiger charge is -2.42. The van der Waals surface area contributed by atoms with Crippen LogP contribution in [0, 0.1) is 5.41 Å². The molecule has 0 aromatic heterocycles. The van der Waals surface area contributed by atoms with Crippen molar-refractivity contribution in [2.24, 2.45) is 5.41 Å². The summed E-state index contributed by atoms with van der Waals surface area (Å²) in [5.74, 6) is 0.486. The lowest BCUT2D eigenvalue weighted by atomic mass is 9.93. The van der Waals surface area contributed by atoms with Crippen LogP contribution in [-0.2, 0) is 16.0 Å². The van der Waals surface area contributed by atoms with Crippen LogP contribution in [0.25, 0.3) is 0 Å². The standard InChI is InChI=1S/C20H27N3O2/c24-18-14-21-10-12-23(18)17-7-4-11-22(15-17)19(25)20(8-9-20)13-16-5-2-1-3-6-16/h1-3,5-6,17,21H,4,7-15H2. The number of piperidine rings is 1. The van der Waals surface area contributed by atoms with Gasteiger partial charge in [0.2, 0.25) is 11.8 Å². The van der Waals surface area contributed by atoms with Crippen molar-refractivity contribution in [2.75, 3.05) is 32.7 Å². The van der Waals surface area contributed by atoms with Crippen molar-refractivity contribution in [2.45, 2.75) is 38.1 Å². The highest BCUT2D eigenvalue weighted by atomic mass is 16.2. The van der Waals surface area contributed by atoms with Gasteiger partial charge >= 0.3 is 0 Å². The van der Waals surface area contributed by atoms with Crippen molar-refractivity contribution in [1.29, 1.82) is 0 Å². The van der Waals surface area contributed by atoms with Crippen molar-refractivity contribution in [3.63, 3.8) is 0 Å². The highest BCUT2D eigenvalue weighted by Crippen LogP contribution is 2.50. The van der Waals surface area contributed by atoms with Crippen LogP contribution in [0.3, 0.4) is 0 Å². The van der Waals surface area contributed by atoms with Gasteiger partial charge in [-0.2, -0.15) is 0 Å². The van der Waals surface area contributed by atoms with Crippen LogP contribution in [0.4, 0.5) is 0 Å². The predicted octanol–water partition coefficient (Wildman–Crippen LogP) is 1.43. The fourth-order valence-corrected chi connectivity index (χ4v) is 4.34. The number of nitrogens with one attached hydrogen (secondary N) is 1. The summed E-state index contributed by atoms with van der Waals surface area (Å²) in [6.07, 6.45) is 4.85. The first-order valence-corrected chi connectivity index (χ1v) is 9.51. The summed E-state index contributed by atoms with van der Waals surface area (Å²) in [5, 5.41) is 3.13.